The van der Waals surface area contributed by atoms with Gasteiger partial charge in [-0.05, 0) is 32.0 Å². The van der Waals surface area contributed by atoms with Crippen LogP contribution in [0.2, 0.25) is 0 Å². The lowest BCUT2D eigenvalue weighted by atomic mass is 10.1. The van der Waals surface area contributed by atoms with Crippen LogP contribution in [0.3, 0.4) is 0 Å². The number of amides is 1. The Morgan fingerprint density at radius 1 is 1.31 bits per heavy atom. The Kier molecular flexibility index (Phi) is 5.34. The molecule has 3 atom stereocenters. The number of benzene rings is 1. The molecule has 0 radical (unpaired) electrons. The maximum atomic E-state index is 14.5. The van der Waals surface area contributed by atoms with Crippen molar-refractivity contribution in [2.45, 2.75) is 32.5 Å². The third kappa shape index (κ3) is 4.62. The zero-order valence-corrected chi connectivity index (χ0v) is 15.6. The number of allylic oxidation sites excluding steroid dienone is 1. The van der Waals surface area contributed by atoms with Gasteiger partial charge < -0.3 is 15.0 Å². The summed E-state index contributed by atoms with van der Waals surface area (Å²) in [5.41, 5.74) is 0.838. The molecule has 8 heteroatoms. The molecular weight excluding hydrogens is 359 g/mol. The van der Waals surface area contributed by atoms with Crippen molar-refractivity contribution >= 4 is 27.1 Å². The van der Waals surface area contributed by atoms with Crippen molar-refractivity contribution in [1.82, 2.24) is 0 Å². The van der Waals surface area contributed by atoms with Crippen LogP contribution in [0, 0.1) is 11.7 Å². The SMILES string of the molecule is CC1CN(c2ccc(NC(=O)CC3C=CS(=O)(=O)C3)cc2F)CC(C)O1. The summed E-state index contributed by atoms with van der Waals surface area (Å²) in [6, 6.07) is 4.59. The van der Waals surface area contributed by atoms with Crippen molar-refractivity contribution in [3.8, 4) is 0 Å². The van der Waals surface area contributed by atoms with E-state index >= 15 is 0 Å². The first kappa shape index (κ1) is 18.8. The van der Waals surface area contributed by atoms with E-state index in [1.54, 1.807) is 12.1 Å². The van der Waals surface area contributed by atoms with Crippen molar-refractivity contribution in [3.05, 3.63) is 35.5 Å². The monoisotopic (exact) mass is 382 g/mol. The molecule has 1 saturated heterocycles. The smallest absolute Gasteiger partial charge is 0.224 e. The van der Waals surface area contributed by atoms with E-state index in [1.807, 2.05) is 18.7 Å². The summed E-state index contributed by atoms with van der Waals surface area (Å²) >= 11 is 0. The Morgan fingerprint density at radius 2 is 2.00 bits per heavy atom. The molecule has 2 aliphatic rings. The lowest BCUT2D eigenvalue weighted by molar-refractivity contribution is -0.116. The lowest BCUT2D eigenvalue weighted by Gasteiger charge is -2.37. The highest BCUT2D eigenvalue weighted by atomic mass is 32.2. The van der Waals surface area contributed by atoms with E-state index < -0.39 is 15.7 Å². The second kappa shape index (κ2) is 7.36. The number of rotatable bonds is 4. The van der Waals surface area contributed by atoms with Gasteiger partial charge in [0.25, 0.3) is 0 Å². The quantitative estimate of drug-likeness (QED) is 0.865. The Morgan fingerprint density at radius 3 is 2.58 bits per heavy atom. The van der Waals surface area contributed by atoms with Gasteiger partial charge in [0.05, 0.1) is 23.6 Å². The van der Waals surface area contributed by atoms with Crippen LogP contribution in [-0.4, -0.2) is 45.4 Å². The number of anilines is 2. The van der Waals surface area contributed by atoms with Gasteiger partial charge in [-0.3, -0.25) is 4.79 Å². The number of nitrogens with zero attached hydrogens (tertiary/aromatic N) is 1. The fourth-order valence-corrected chi connectivity index (χ4v) is 4.83. The van der Waals surface area contributed by atoms with Gasteiger partial charge in [0, 0.05) is 36.5 Å². The maximum absolute atomic E-state index is 14.5. The molecule has 2 heterocycles. The molecule has 1 fully saturated rings. The zero-order valence-electron chi connectivity index (χ0n) is 14.8. The highest BCUT2D eigenvalue weighted by Gasteiger charge is 2.25. The van der Waals surface area contributed by atoms with Crippen LogP contribution in [0.25, 0.3) is 0 Å². The van der Waals surface area contributed by atoms with E-state index in [2.05, 4.69) is 5.32 Å². The second-order valence-electron chi connectivity index (χ2n) is 7.00. The first-order chi connectivity index (χ1) is 12.2. The highest BCUT2D eigenvalue weighted by molar-refractivity contribution is 7.94. The van der Waals surface area contributed by atoms with Crippen LogP contribution in [0.15, 0.2) is 29.7 Å². The summed E-state index contributed by atoms with van der Waals surface area (Å²) in [6.45, 7) is 5.12. The molecule has 0 aliphatic carbocycles. The van der Waals surface area contributed by atoms with Gasteiger partial charge in [0.1, 0.15) is 5.82 Å². The summed E-state index contributed by atoms with van der Waals surface area (Å²) in [5.74, 6) is -1.13. The maximum Gasteiger partial charge on any atom is 0.224 e. The highest BCUT2D eigenvalue weighted by Crippen LogP contribution is 2.26. The lowest BCUT2D eigenvalue weighted by Crippen LogP contribution is -2.45. The van der Waals surface area contributed by atoms with Crippen LogP contribution in [0.4, 0.5) is 15.8 Å². The van der Waals surface area contributed by atoms with Crippen LogP contribution in [0.1, 0.15) is 20.3 Å². The van der Waals surface area contributed by atoms with E-state index in [9.17, 15) is 17.6 Å². The Bertz CT molecular complexity index is 814. The number of hydrogen-bond acceptors (Lipinski definition) is 5. The number of hydrogen-bond donors (Lipinski definition) is 1. The molecule has 2 aliphatic heterocycles. The van der Waals surface area contributed by atoms with Crippen LogP contribution in [-0.2, 0) is 19.4 Å². The topological polar surface area (TPSA) is 75.7 Å². The molecule has 0 saturated carbocycles. The second-order valence-corrected chi connectivity index (χ2v) is 8.93. The molecular formula is C18H23FN2O4S. The molecule has 1 N–H and O–H groups in total. The van der Waals surface area contributed by atoms with Crippen molar-refractivity contribution in [2.75, 3.05) is 29.1 Å². The fraction of sp³-hybridized carbons (Fsp3) is 0.500. The largest absolute Gasteiger partial charge is 0.372 e. The standard InChI is InChI=1S/C18H23FN2O4S/c1-12-9-21(10-13(2)25-12)17-4-3-15(8-16(17)19)20-18(22)7-14-5-6-26(23,24)11-14/h3-6,8,12-14H,7,9-11H2,1-2H3,(H,20,22). The van der Waals surface area contributed by atoms with Gasteiger partial charge in [0.2, 0.25) is 5.91 Å². The van der Waals surface area contributed by atoms with E-state index in [0.29, 0.717) is 24.5 Å². The number of morpholine rings is 1. The van der Waals surface area contributed by atoms with Crippen molar-refractivity contribution in [1.29, 1.82) is 0 Å². The average molecular weight is 382 g/mol. The van der Waals surface area contributed by atoms with Gasteiger partial charge in [-0.25, -0.2) is 12.8 Å². The Labute approximate surface area is 152 Å². The van der Waals surface area contributed by atoms with E-state index in [1.165, 1.54) is 12.1 Å². The van der Waals surface area contributed by atoms with Gasteiger partial charge in [0.15, 0.2) is 9.84 Å². The third-order valence-electron chi connectivity index (χ3n) is 4.44. The van der Waals surface area contributed by atoms with Crippen molar-refractivity contribution in [2.24, 2.45) is 5.92 Å². The summed E-state index contributed by atoms with van der Waals surface area (Å²) in [4.78, 5) is 14.0. The van der Waals surface area contributed by atoms with Crippen LogP contribution >= 0.6 is 0 Å². The Hall–Kier alpha value is -1.93. The number of nitrogens with one attached hydrogen (secondary N) is 1. The molecule has 3 rings (SSSR count). The first-order valence-corrected chi connectivity index (χ1v) is 10.3. The zero-order chi connectivity index (χ0) is 18.9. The van der Waals surface area contributed by atoms with Gasteiger partial charge >= 0.3 is 0 Å². The predicted octanol–water partition coefficient (Wildman–Crippen LogP) is 2.33. The Balaban J connectivity index is 1.62. The molecule has 142 valence electrons. The minimum absolute atomic E-state index is 0.0216. The number of ether oxygens (including phenoxy) is 1. The fourth-order valence-electron chi connectivity index (χ4n) is 3.43. The minimum Gasteiger partial charge on any atom is -0.372 e. The predicted molar refractivity (Wildman–Crippen MR) is 98.3 cm³/mol. The first-order valence-electron chi connectivity index (χ1n) is 8.62. The van der Waals surface area contributed by atoms with E-state index in [4.69, 9.17) is 4.74 Å². The van der Waals surface area contributed by atoms with Gasteiger partial charge in [-0.2, -0.15) is 0 Å². The average Bonchev–Trinajstić information content (AvgIpc) is 2.84. The van der Waals surface area contributed by atoms with Gasteiger partial charge in [-0.1, -0.05) is 6.08 Å². The molecule has 1 aromatic carbocycles. The molecule has 0 aromatic heterocycles. The summed E-state index contributed by atoms with van der Waals surface area (Å²) in [5, 5.41) is 3.78. The molecule has 0 bridgehead atoms. The van der Waals surface area contributed by atoms with Crippen molar-refractivity contribution in [3.63, 3.8) is 0 Å². The number of carbonyl (C=O) groups is 1. The van der Waals surface area contributed by atoms with Gasteiger partial charge in [-0.15, -0.1) is 0 Å². The van der Waals surface area contributed by atoms with Crippen LogP contribution < -0.4 is 10.2 Å². The molecule has 6 nitrogen and oxygen atoms in total. The normalized spacial score (nSPS) is 27.5. The third-order valence-corrected chi connectivity index (χ3v) is 5.91. The van der Waals surface area contributed by atoms with E-state index in [-0.39, 0.29) is 36.2 Å². The summed E-state index contributed by atoms with van der Waals surface area (Å²) < 4.78 is 42.9. The molecule has 0 spiro atoms. The molecule has 1 amide bonds. The number of carbonyl (C=O) groups excluding carboxylic acids is 1. The minimum atomic E-state index is -3.18. The molecule has 3 unspecified atom stereocenters. The number of sulfone groups is 1. The molecule has 1 aromatic rings. The van der Waals surface area contributed by atoms with Crippen molar-refractivity contribution < 1.29 is 22.3 Å². The number of halogens is 1. The summed E-state index contributed by atoms with van der Waals surface area (Å²) in [6.07, 6.45) is 1.62. The molecule has 26 heavy (non-hydrogen) atoms. The van der Waals surface area contributed by atoms with Crippen LogP contribution in [0.5, 0.6) is 0 Å². The van der Waals surface area contributed by atoms with E-state index in [0.717, 1.165) is 5.41 Å². The summed E-state index contributed by atoms with van der Waals surface area (Å²) in [7, 11) is -3.18.